The number of ether oxygens (including phenoxy) is 1. The maximum atomic E-state index is 10.6. The molecule has 0 radical (unpaired) electrons. The van der Waals surface area contributed by atoms with Crippen molar-refractivity contribution in [3.63, 3.8) is 0 Å². The average Bonchev–Trinajstić information content (AvgIpc) is 2.53. The molecule has 2 rings (SSSR count). The molecule has 0 spiro atoms. The van der Waals surface area contributed by atoms with E-state index in [0.717, 1.165) is 16.9 Å². The Bertz CT molecular complexity index is 566. The monoisotopic (exact) mass is 285 g/mol. The fourth-order valence-corrected chi connectivity index (χ4v) is 2.28. The number of hydrogen-bond acceptors (Lipinski definition) is 3. The Morgan fingerprint density at radius 3 is 2.52 bits per heavy atom. The van der Waals surface area contributed by atoms with Crippen molar-refractivity contribution in [2.45, 2.75) is 25.5 Å². The van der Waals surface area contributed by atoms with Crippen molar-refractivity contribution >= 4 is 0 Å². The maximum absolute atomic E-state index is 10.6. The molecule has 2 atom stereocenters. The Labute approximate surface area is 126 Å². The lowest BCUT2D eigenvalue weighted by molar-refractivity contribution is 0.0543. The second kappa shape index (κ2) is 6.74. The van der Waals surface area contributed by atoms with Crippen LogP contribution in [0, 0.1) is 0 Å². The molecule has 3 nitrogen and oxygen atoms in total. The molecule has 0 bridgehead atoms. The number of rotatable bonds is 6. The summed E-state index contributed by atoms with van der Waals surface area (Å²) in [5.74, 6) is 0.843. The van der Waals surface area contributed by atoms with Crippen LogP contribution in [0.5, 0.6) is 5.75 Å². The van der Waals surface area contributed by atoms with Gasteiger partial charge in [-0.1, -0.05) is 42.5 Å². The first-order chi connectivity index (χ1) is 10.0. The molecular weight excluding hydrogens is 262 g/mol. The Morgan fingerprint density at radius 2 is 1.86 bits per heavy atom. The molecule has 112 valence electrons. The van der Waals surface area contributed by atoms with E-state index in [1.807, 2.05) is 55.5 Å². The Balaban J connectivity index is 2.01. The van der Waals surface area contributed by atoms with Crippen LogP contribution in [0.4, 0.5) is 0 Å². The summed E-state index contributed by atoms with van der Waals surface area (Å²) in [4.78, 5) is 0. The molecule has 0 heterocycles. The van der Waals surface area contributed by atoms with Crippen molar-refractivity contribution in [3.05, 3.63) is 65.7 Å². The molecule has 2 aromatic rings. The van der Waals surface area contributed by atoms with Gasteiger partial charge in [0, 0.05) is 12.6 Å². The molecule has 0 aliphatic rings. The predicted octanol–water partition coefficient (Wildman–Crippen LogP) is 3.25. The third-order valence-corrected chi connectivity index (χ3v) is 3.74. The minimum absolute atomic E-state index is 0.135. The Kier molecular flexibility index (Phi) is 4.99. The van der Waals surface area contributed by atoms with Gasteiger partial charge in [-0.25, -0.2) is 0 Å². The van der Waals surface area contributed by atoms with Gasteiger partial charge in [0.05, 0.1) is 12.7 Å². The number of nitrogens with one attached hydrogen (secondary N) is 1. The molecule has 0 fully saturated rings. The molecule has 0 saturated carbocycles. The topological polar surface area (TPSA) is 41.5 Å². The van der Waals surface area contributed by atoms with Crippen LogP contribution in [0.1, 0.15) is 31.0 Å². The molecule has 1 unspecified atom stereocenters. The van der Waals surface area contributed by atoms with Crippen LogP contribution >= 0.6 is 0 Å². The van der Waals surface area contributed by atoms with E-state index in [1.165, 1.54) is 0 Å². The molecule has 3 heteroatoms. The highest BCUT2D eigenvalue weighted by molar-refractivity contribution is 5.30. The van der Waals surface area contributed by atoms with Gasteiger partial charge in [0.1, 0.15) is 5.75 Å². The minimum Gasteiger partial charge on any atom is -0.497 e. The second-order valence-corrected chi connectivity index (χ2v) is 5.52. The zero-order valence-electron chi connectivity index (χ0n) is 12.8. The van der Waals surface area contributed by atoms with Crippen LogP contribution in [0.2, 0.25) is 0 Å². The van der Waals surface area contributed by atoms with Crippen molar-refractivity contribution in [2.75, 3.05) is 13.7 Å². The Morgan fingerprint density at radius 1 is 1.14 bits per heavy atom. The zero-order valence-corrected chi connectivity index (χ0v) is 12.8. The summed E-state index contributed by atoms with van der Waals surface area (Å²) < 4.78 is 5.24. The first-order valence-electron chi connectivity index (χ1n) is 7.18. The molecule has 0 aliphatic heterocycles. The molecule has 21 heavy (non-hydrogen) atoms. The number of hydrogen-bond donors (Lipinski definition) is 2. The minimum atomic E-state index is -0.894. The van der Waals surface area contributed by atoms with E-state index in [-0.39, 0.29) is 6.04 Å². The lowest BCUT2D eigenvalue weighted by atomic mass is 9.95. The van der Waals surface area contributed by atoms with Crippen LogP contribution in [0.15, 0.2) is 54.6 Å². The highest BCUT2D eigenvalue weighted by Gasteiger charge is 2.23. The quantitative estimate of drug-likeness (QED) is 0.856. The predicted molar refractivity (Wildman–Crippen MR) is 85.4 cm³/mol. The van der Waals surface area contributed by atoms with E-state index in [9.17, 15) is 5.11 Å². The van der Waals surface area contributed by atoms with Crippen LogP contribution in [-0.2, 0) is 5.60 Å². The zero-order chi connectivity index (χ0) is 15.3. The van der Waals surface area contributed by atoms with E-state index in [1.54, 1.807) is 7.11 Å². The smallest absolute Gasteiger partial charge is 0.119 e. The van der Waals surface area contributed by atoms with E-state index in [0.29, 0.717) is 6.54 Å². The van der Waals surface area contributed by atoms with Crippen molar-refractivity contribution in [1.82, 2.24) is 5.32 Å². The largest absolute Gasteiger partial charge is 0.497 e. The molecule has 0 aromatic heterocycles. The van der Waals surface area contributed by atoms with Gasteiger partial charge >= 0.3 is 0 Å². The number of methoxy groups -OCH3 is 1. The fourth-order valence-electron chi connectivity index (χ4n) is 2.28. The first-order valence-corrected chi connectivity index (χ1v) is 7.18. The number of aliphatic hydroxyl groups is 1. The Hall–Kier alpha value is -1.84. The summed E-state index contributed by atoms with van der Waals surface area (Å²) >= 11 is 0. The highest BCUT2D eigenvalue weighted by atomic mass is 16.5. The van der Waals surface area contributed by atoms with Gasteiger partial charge in [0.15, 0.2) is 0 Å². The first kappa shape index (κ1) is 15.5. The summed E-state index contributed by atoms with van der Waals surface area (Å²) in [6, 6.07) is 17.8. The molecule has 0 amide bonds. The lowest BCUT2D eigenvalue weighted by Gasteiger charge is -2.26. The van der Waals surface area contributed by atoms with Gasteiger partial charge in [0.2, 0.25) is 0 Å². The summed E-state index contributed by atoms with van der Waals surface area (Å²) in [6.45, 7) is 4.39. The fraction of sp³-hybridized carbons (Fsp3) is 0.333. The van der Waals surface area contributed by atoms with Gasteiger partial charge in [-0.15, -0.1) is 0 Å². The third kappa shape index (κ3) is 4.06. The van der Waals surface area contributed by atoms with Crippen LogP contribution in [-0.4, -0.2) is 18.8 Å². The SMILES string of the molecule is COc1cccc([C@H](C)NCC(C)(O)c2ccccc2)c1. The van der Waals surface area contributed by atoms with Crippen molar-refractivity contribution < 1.29 is 9.84 Å². The second-order valence-electron chi connectivity index (χ2n) is 5.52. The highest BCUT2D eigenvalue weighted by Crippen LogP contribution is 2.22. The van der Waals surface area contributed by atoms with Gasteiger partial charge in [-0.05, 0) is 37.1 Å². The van der Waals surface area contributed by atoms with Crippen molar-refractivity contribution in [2.24, 2.45) is 0 Å². The third-order valence-electron chi connectivity index (χ3n) is 3.74. The van der Waals surface area contributed by atoms with E-state index < -0.39 is 5.60 Å². The van der Waals surface area contributed by atoms with E-state index >= 15 is 0 Å². The van der Waals surface area contributed by atoms with Crippen molar-refractivity contribution in [1.29, 1.82) is 0 Å². The molecular formula is C18H23NO2. The normalized spacial score (nSPS) is 15.2. The van der Waals surface area contributed by atoms with Crippen LogP contribution in [0.25, 0.3) is 0 Å². The molecule has 0 aliphatic carbocycles. The molecule has 0 saturated heterocycles. The molecule has 2 N–H and O–H groups in total. The van der Waals surface area contributed by atoms with E-state index in [4.69, 9.17) is 4.74 Å². The van der Waals surface area contributed by atoms with Gasteiger partial charge in [-0.3, -0.25) is 0 Å². The average molecular weight is 285 g/mol. The maximum Gasteiger partial charge on any atom is 0.119 e. The lowest BCUT2D eigenvalue weighted by Crippen LogP contribution is -2.36. The summed E-state index contributed by atoms with van der Waals surface area (Å²) in [6.07, 6.45) is 0. The van der Waals surface area contributed by atoms with E-state index in [2.05, 4.69) is 18.3 Å². The standard InChI is InChI=1S/C18H23NO2/c1-14(15-8-7-11-17(12-15)21-3)19-13-18(2,20)16-9-5-4-6-10-16/h4-12,14,19-20H,13H2,1-3H3/t14-,18?/m0/s1. The summed E-state index contributed by atoms with van der Waals surface area (Å²) in [5, 5.41) is 14.0. The molecule has 2 aromatic carbocycles. The van der Waals surface area contributed by atoms with Gasteiger partial charge in [-0.2, -0.15) is 0 Å². The van der Waals surface area contributed by atoms with Crippen LogP contribution < -0.4 is 10.1 Å². The van der Waals surface area contributed by atoms with Crippen LogP contribution in [0.3, 0.4) is 0 Å². The summed E-state index contributed by atoms with van der Waals surface area (Å²) in [7, 11) is 1.66. The summed E-state index contributed by atoms with van der Waals surface area (Å²) in [5.41, 5.74) is 1.16. The van der Waals surface area contributed by atoms with Crippen molar-refractivity contribution in [3.8, 4) is 5.75 Å². The number of benzene rings is 2. The van der Waals surface area contributed by atoms with Gasteiger partial charge < -0.3 is 15.2 Å². The van der Waals surface area contributed by atoms with Gasteiger partial charge in [0.25, 0.3) is 0 Å².